The Balaban J connectivity index is 2.32. The molecular formula is C19H27NO3. The smallest absolute Gasteiger partial charge is 0.161 e. The number of hydrogen-bond acceptors (Lipinski definition) is 4. The summed E-state index contributed by atoms with van der Waals surface area (Å²) in [5, 5.41) is 0. The lowest BCUT2D eigenvalue weighted by molar-refractivity contribution is -0.129. The van der Waals surface area contributed by atoms with Crippen molar-refractivity contribution in [2.45, 2.75) is 39.1 Å². The Hall–Kier alpha value is -1.55. The van der Waals surface area contributed by atoms with Crippen LogP contribution in [0.2, 0.25) is 0 Å². The molecule has 1 fully saturated rings. The third-order valence-corrected chi connectivity index (χ3v) is 4.02. The van der Waals surface area contributed by atoms with Crippen molar-refractivity contribution in [3.05, 3.63) is 23.3 Å². The predicted octanol–water partition coefficient (Wildman–Crippen LogP) is 3.24. The van der Waals surface area contributed by atoms with Gasteiger partial charge in [-0.15, -0.1) is 0 Å². The molecule has 1 aromatic carbocycles. The minimum atomic E-state index is -3.06. The summed E-state index contributed by atoms with van der Waals surface area (Å²) in [4.78, 5) is 13.6. The summed E-state index contributed by atoms with van der Waals surface area (Å²) in [6.07, 6.45) is -3.35. The van der Waals surface area contributed by atoms with Crippen LogP contribution in [0.1, 0.15) is 57.5 Å². The first-order valence-corrected chi connectivity index (χ1v) is 7.56. The van der Waals surface area contributed by atoms with Crippen molar-refractivity contribution in [2.75, 3.05) is 27.1 Å². The summed E-state index contributed by atoms with van der Waals surface area (Å²) in [6.45, 7) is -2.14. The number of fused-ring (bicyclic) bond motifs is 3. The zero-order valence-electron chi connectivity index (χ0n) is 23.4. The summed E-state index contributed by atoms with van der Waals surface area (Å²) in [7, 11) is -1.70. The Morgan fingerprint density at radius 3 is 2.91 bits per heavy atom. The zero-order chi connectivity index (χ0) is 25.4. The van der Waals surface area contributed by atoms with Crippen molar-refractivity contribution < 1.29 is 28.0 Å². The van der Waals surface area contributed by atoms with Crippen molar-refractivity contribution in [1.82, 2.24) is 4.90 Å². The Morgan fingerprint density at radius 2 is 2.22 bits per heavy atom. The third kappa shape index (κ3) is 3.09. The number of ketones is 1. The summed E-state index contributed by atoms with van der Waals surface area (Å²) < 4.78 is 93.1. The number of carbonyl (C=O) groups is 1. The molecule has 0 bridgehead atoms. The molecule has 0 N–H and O–H groups in total. The minimum Gasteiger partial charge on any atom is -0.493 e. The van der Waals surface area contributed by atoms with Crippen molar-refractivity contribution in [1.29, 1.82) is 0 Å². The van der Waals surface area contributed by atoms with Crippen LogP contribution in [-0.2, 0) is 11.2 Å². The maximum absolute atomic E-state index is 13.1. The highest BCUT2D eigenvalue weighted by Crippen LogP contribution is 2.42. The van der Waals surface area contributed by atoms with Crippen LogP contribution in [0.3, 0.4) is 0 Å². The topological polar surface area (TPSA) is 38.8 Å². The zero-order valence-corrected chi connectivity index (χ0v) is 13.4. The molecule has 1 saturated heterocycles. The maximum Gasteiger partial charge on any atom is 0.161 e. The van der Waals surface area contributed by atoms with E-state index in [-0.39, 0.29) is 29.4 Å². The molecule has 1 aromatic rings. The van der Waals surface area contributed by atoms with Crippen LogP contribution in [0, 0.1) is 11.8 Å². The summed E-state index contributed by atoms with van der Waals surface area (Å²) in [6, 6.07) is -0.202. The van der Waals surface area contributed by atoms with E-state index >= 15 is 0 Å². The van der Waals surface area contributed by atoms with E-state index in [9.17, 15) is 4.79 Å². The van der Waals surface area contributed by atoms with E-state index in [0.29, 0.717) is 4.90 Å². The van der Waals surface area contributed by atoms with Gasteiger partial charge in [-0.1, -0.05) is 13.8 Å². The average molecular weight is 327 g/mol. The number of aryl methyl sites for hydroxylation is 1. The Morgan fingerprint density at radius 1 is 1.43 bits per heavy atom. The lowest BCUT2D eigenvalue weighted by atomic mass is 9.80. The lowest BCUT2D eigenvalue weighted by Crippen LogP contribution is -2.46. The van der Waals surface area contributed by atoms with Crippen LogP contribution < -0.4 is 9.47 Å². The van der Waals surface area contributed by atoms with E-state index in [1.165, 1.54) is 7.11 Å². The largest absolute Gasteiger partial charge is 0.493 e. The molecule has 2 heterocycles. The van der Waals surface area contributed by atoms with E-state index in [2.05, 4.69) is 0 Å². The summed E-state index contributed by atoms with van der Waals surface area (Å²) in [5.74, 6) is -2.44. The number of nitrogens with zero attached hydrogens (tertiary/aromatic N) is 1. The second-order valence-corrected chi connectivity index (χ2v) is 6.12. The molecule has 126 valence electrons. The predicted molar refractivity (Wildman–Crippen MR) is 90.1 cm³/mol. The van der Waals surface area contributed by atoms with Crippen LogP contribution in [0.4, 0.5) is 0 Å². The minimum absolute atomic E-state index is 0.0911. The molecule has 0 aliphatic carbocycles. The molecule has 0 radical (unpaired) electrons. The number of ether oxygens (including phenoxy) is 2. The van der Waals surface area contributed by atoms with E-state index in [4.69, 9.17) is 23.2 Å². The number of rotatable bonds is 4. The van der Waals surface area contributed by atoms with Crippen LogP contribution >= 0.6 is 0 Å². The first-order valence-electron chi connectivity index (χ1n) is 12.6. The Labute approximate surface area is 152 Å². The Bertz CT molecular complexity index is 962. The van der Waals surface area contributed by atoms with Gasteiger partial charge in [0.05, 0.1) is 19.6 Å². The van der Waals surface area contributed by atoms with Crippen molar-refractivity contribution in [2.24, 2.45) is 11.8 Å². The summed E-state index contributed by atoms with van der Waals surface area (Å²) >= 11 is 0. The van der Waals surface area contributed by atoms with Gasteiger partial charge >= 0.3 is 0 Å². The third-order valence-electron chi connectivity index (χ3n) is 4.02. The molecule has 4 nitrogen and oxygen atoms in total. The van der Waals surface area contributed by atoms with E-state index in [0.717, 1.165) is 12.1 Å². The number of benzene rings is 1. The monoisotopic (exact) mass is 327 g/mol. The van der Waals surface area contributed by atoms with Crippen molar-refractivity contribution in [3.63, 3.8) is 0 Å². The maximum atomic E-state index is 13.1. The molecule has 2 atom stereocenters. The number of piperidine rings is 1. The highest BCUT2D eigenvalue weighted by atomic mass is 16.5. The fourth-order valence-corrected chi connectivity index (χ4v) is 2.90. The summed E-state index contributed by atoms with van der Waals surface area (Å²) in [5.41, 5.74) is -0.581. The van der Waals surface area contributed by atoms with Gasteiger partial charge in [0, 0.05) is 39.6 Å². The molecule has 4 heteroatoms. The van der Waals surface area contributed by atoms with Gasteiger partial charge in [-0.05, 0) is 42.0 Å². The first kappa shape index (κ1) is 8.02. The van der Waals surface area contributed by atoms with Gasteiger partial charge in [0.25, 0.3) is 0 Å². The quantitative estimate of drug-likeness (QED) is 0.851. The molecule has 23 heavy (non-hydrogen) atoms. The van der Waals surface area contributed by atoms with Gasteiger partial charge in [-0.2, -0.15) is 0 Å². The molecule has 0 aromatic heterocycles. The van der Waals surface area contributed by atoms with E-state index in [1.807, 2.05) is 0 Å². The highest BCUT2D eigenvalue weighted by molar-refractivity contribution is 5.83. The van der Waals surface area contributed by atoms with E-state index < -0.39 is 56.1 Å². The average Bonchev–Trinajstić information content (AvgIpc) is 2.61. The number of hydrogen-bond donors (Lipinski definition) is 0. The highest BCUT2D eigenvalue weighted by Gasteiger charge is 2.38. The van der Waals surface area contributed by atoms with Gasteiger partial charge in [0.2, 0.25) is 0 Å². The molecule has 2 unspecified atom stereocenters. The van der Waals surface area contributed by atoms with Crippen molar-refractivity contribution in [3.8, 4) is 11.5 Å². The lowest BCUT2D eigenvalue weighted by Gasteiger charge is -2.43. The van der Waals surface area contributed by atoms with Gasteiger partial charge in [-0.25, -0.2) is 0 Å². The van der Waals surface area contributed by atoms with Gasteiger partial charge < -0.3 is 9.47 Å². The molecule has 3 rings (SSSR count). The normalized spacial score (nSPS) is 41.0. The Kier molecular flexibility index (Phi) is 2.27. The van der Waals surface area contributed by atoms with Crippen LogP contribution in [0.5, 0.6) is 11.5 Å². The van der Waals surface area contributed by atoms with Crippen LogP contribution in [-0.4, -0.2) is 37.8 Å². The van der Waals surface area contributed by atoms with E-state index in [1.54, 1.807) is 13.8 Å². The first-order chi connectivity index (χ1) is 14.8. The molecule has 2 aliphatic rings. The molecular weight excluding hydrogens is 290 g/mol. The van der Waals surface area contributed by atoms with Gasteiger partial charge in [0.15, 0.2) is 11.5 Å². The number of Topliss-reactive ketones (excluding diaryl/α,β-unsaturated/α-hetero) is 1. The van der Waals surface area contributed by atoms with Crippen molar-refractivity contribution >= 4 is 5.78 Å². The fraction of sp³-hybridized carbons (Fsp3) is 0.632. The molecule has 2 aliphatic heterocycles. The molecule has 0 amide bonds. The number of methoxy groups -OCH3 is 2. The van der Waals surface area contributed by atoms with Gasteiger partial charge in [-0.3, -0.25) is 9.69 Å². The second-order valence-electron chi connectivity index (χ2n) is 6.12. The van der Waals surface area contributed by atoms with Crippen LogP contribution in [0.15, 0.2) is 12.1 Å². The molecule has 0 spiro atoms. The number of carbonyl (C=O) groups excluding carboxylic acids is 1. The fourth-order valence-electron chi connectivity index (χ4n) is 2.90. The molecule has 0 saturated carbocycles. The second kappa shape index (κ2) is 6.52. The van der Waals surface area contributed by atoms with Crippen LogP contribution in [0.25, 0.3) is 0 Å². The standard InChI is InChI=1S/C19H27NO3/c1-12(2)7-14-11-20-6-5-13-8-18(22-3)19(23-4)9-15(13)16(20)10-17(14)21/h8-9,12,14,16H,5-7,10-11H2,1-4H3/i3D3,5D2,6D2,11D2,16D. The van der Waals surface area contributed by atoms with Gasteiger partial charge in [0.1, 0.15) is 5.78 Å². The SMILES string of the molecule is [2H]C([2H])([2H])Oc1cc2c(cc1OC)C1([2H])CC(=O)C(CC(C)C)C([2H])([2H])N1C([2H])([2H])C2([2H])[2H].